The van der Waals surface area contributed by atoms with Crippen molar-refractivity contribution < 1.29 is 13.2 Å². The minimum atomic E-state index is -3.59. The van der Waals surface area contributed by atoms with Gasteiger partial charge in [-0.3, -0.25) is 4.98 Å². The number of nitrogens with one attached hydrogen (secondary N) is 3. The van der Waals surface area contributed by atoms with Crippen LogP contribution in [-0.2, 0) is 16.6 Å². The number of rotatable bonds is 5. The average molecular weight is 362 g/mol. The molecule has 1 aromatic carbocycles. The van der Waals surface area contributed by atoms with Crippen molar-refractivity contribution >= 4 is 21.7 Å². The van der Waals surface area contributed by atoms with E-state index >= 15 is 0 Å². The molecule has 0 aliphatic carbocycles. The Morgan fingerprint density at radius 2 is 1.64 bits per heavy atom. The maximum atomic E-state index is 12.2. The second kappa shape index (κ2) is 7.62. The molecule has 0 spiro atoms. The molecule has 25 heavy (non-hydrogen) atoms. The zero-order valence-electron chi connectivity index (χ0n) is 14.4. The lowest BCUT2D eigenvalue weighted by atomic mass is 10.1. The second-order valence-electron chi connectivity index (χ2n) is 6.54. The summed E-state index contributed by atoms with van der Waals surface area (Å²) in [6, 6.07) is 9.23. The van der Waals surface area contributed by atoms with Gasteiger partial charge in [-0.15, -0.1) is 0 Å². The Bertz CT molecular complexity index is 813. The van der Waals surface area contributed by atoms with E-state index in [-0.39, 0.29) is 10.9 Å². The van der Waals surface area contributed by atoms with Crippen LogP contribution in [-0.4, -0.2) is 25.0 Å². The molecule has 1 heterocycles. The van der Waals surface area contributed by atoms with Crippen LogP contribution in [0.3, 0.4) is 0 Å². The first-order chi connectivity index (χ1) is 11.7. The van der Waals surface area contributed by atoms with Crippen molar-refractivity contribution in [1.82, 2.24) is 15.0 Å². The summed E-state index contributed by atoms with van der Waals surface area (Å²) >= 11 is 0. The van der Waals surface area contributed by atoms with Crippen LogP contribution in [0.4, 0.5) is 10.5 Å². The van der Waals surface area contributed by atoms with E-state index in [1.54, 1.807) is 45.3 Å². The SMILES string of the molecule is CC(C)(C)NS(=O)(=O)c1ccc(NC(=O)NCc2ccncc2)cc1. The zero-order valence-corrected chi connectivity index (χ0v) is 15.2. The number of carbonyl (C=O) groups is 1. The summed E-state index contributed by atoms with van der Waals surface area (Å²) in [5, 5.41) is 5.37. The first-order valence-corrected chi connectivity index (χ1v) is 9.22. The topological polar surface area (TPSA) is 100 Å². The normalized spacial score (nSPS) is 11.8. The molecule has 0 bridgehead atoms. The van der Waals surface area contributed by atoms with E-state index in [0.717, 1.165) is 5.56 Å². The number of hydrogen-bond acceptors (Lipinski definition) is 4. The molecule has 2 aromatic rings. The minimum Gasteiger partial charge on any atom is -0.334 e. The average Bonchev–Trinajstić information content (AvgIpc) is 2.52. The van der Waals surface area contributed by atoms with E-state index in [2.05, 4.69) is 20.3 Å². The number of urea groups is 1. The van der Waals surface area contributed by atoms with E-state index in [1.807, 2.05) is 12.1 Å². The molecule has 7 nitrogen and oxygen atoms in total. The fraction of sp³-hybridized carbons (Fsp3) is 0.294. The Labute approximate surface area is 147 Å². The molecule has 1 aromatic heterocycles. The van der Waals surface area contributed by atoms with Crippen molar-refractivity contribution in [1.29, 1.82) is 0 Å². The van der Waals surface area contributed by atoms with E-state index < -0.39 is 15.6 Å². The largest absolute Gasteiger partial charge is 0.334 e. The lowest BCUT2D eigenvalue weighted by Gasteiger charge is -2.20. The number of nitrogens with zero attached hydrogens (tertiary/aromatic N) is 1. The quantitative estimate of drug-likeness (QED) is 0.761. The molecule has 0 saturated heterocycles. The third-order valence-electron chi connectivity index (χ3n) is 3.07. The van der Waals surface area contributed by atoms with Crippen molar-refractivity contribution in [3.63, 3.8) is 0 Å². The zero-order chi connectivity index (χ0) is 18.5. The van der Waals surface area contributed by atoms with Gasteiger partial charge < -0.3 is 10.6 Å². The fourth-order valence-electron chi connectivity index (χ4n) is 2.04. The molecule has 0 unspecified atom stereocenters. The molecule has 0 aliphatic heterocycles. The van der Waals surface area contributed by atoms with Gasteiger partial charge in [0.05, 0.1) is 4.90 Å². The van der Waals surface area contributed by atoms with Crippen molar-refractivity contribution in [2.75, 3.05) is 5.32 Å². The Hall–Kier alpha value is -2.45. The summed E-state index contributed by atoms with van der Waals surface area (Å²) in [6.45, 7) is 5.69. The van der Waals surface area contributed by atoms with Crippen LogP contribution < -0.4 is 15.4 Å². The van der Waals surface area contributed by atoms with E-state index in [0.29, 0.717) is 12.2 Å². The highest BCUT2D eigenvalue weighted by Crippen LogP contribution is 2.16. The molecule has 0 fully saturated rings. The predicted molar refractivity (Wildman–Crippen MR) is 96.6 cm³/mol. The number of aromatic nitrogens is 1. The summed E-state index contributed by atoms with van der Waals surface area (Å²) in [4.78, 5) is 15.9. The summed E-state index contributed by atoms with van der Waals surface area (Å²) in [5.41, 5.74) is 0.865. The standard InChI is InChI=1S/C17H22N4O3S/c1-17(2,3)21-25(23,24)15-6-4-14(5-7-15)20-16(22)19-12-13-8-10-18-11-9-13/h4-11,21H,12H2,1-3H3,(H2,19,20,22). The monoisotopic (exact) mass is 362 g/mol. The first-order valence-electron chi connectivity index (χ1n) is 7.73. The van der Waals surface area contributed by atoms with Crippen molar-refractivity contribution in [2.24, 2.45) is 0 Å². The molecule has 0 saturated carbocycles. The van der Waals surface area contributed by atoms with Gasteiger partial charge in [-0.2, -0.15) is 0 Å². The number of hydrogen-bond donors (Lipinski definition) is 3. The molecule has 8 heteroatoms. The molecule has 2 rings (SSSR count). The van der Waals surface area contributed by atoms with Crippen LogP contribution in [0.5, 0.6) is 0 Å². The van der Waals surface area contributed by atoms with Gasteiger partial charge in [-0.1, -0.05) is 0 Å². The molecule has 2 amide bonds. The number of benzene rings is 1. The van der Waals surface area contributed by atoms with Crippen LogP contribution in [0, 0.1) is 0 Å². The van der Waals surface area contributed by atoms with Gasteiger partial charge >= 0.3 is 6.03 Å². The van der Waals surface area contributed by atoms with Gasteiger partial charge in [0.15, 0.2) is 0 Å². The molecule has 134 valence electrons. The third-order valence-corrected chi connectivity index (χ3v) is 4.84. The summed E-state index contributed by atoms with van der Waals surface area (Å²) in [7, 11) is -3.59. The number of anilines is 1. The number of carbonyl (C=O) groups excluding carboxylic acids is 1. The van der Waals surface area contributed by atoms with Gasteiger partial charge in [0, 0.05) is 30.2 Å². The van der Waals surface area contributed by atoms with Crippen LogP contribution in [0.1, 0.15) is 26.3 Å². The highest BCUT2D eigenvalue weighted by Gasteiger charge is 2.21. The Balaban J connectivity index is 1.95. The Kier molecular flexibility index (Phi) is 5.76. The van der Waals surface area contributed by atoms with Crippen molar-refractivity contribution in [2.45, 2.75) is 37.8 Å². The smallest absolute Gasteiger partial charge is 0.319 e. The van der Waals surface area contributed by atoms with Gasteiger partial charge in [0.1, 0.15) is 0 Å². The van der Waals surface area contributed by atoms with Crippen LogP contribution in [0.2, 0.25) is 0 Å². The summed E-state index contributed by atoms with van der Waals surface area (Å²) in [5.74, 6) is 0. The van der Waals surface area contributed by atoms with E-state index in [4.69, 9.17) is 0 Å². The molecule has 0 atom stereocenters. The number of pyridine rings is 1. The van der Waals surface area contributed by atoms with E-state index in [1.165, 1.54) is 12.1 Å². The number of amides is 2. The number of sulfonamides is 1. The highest BCUT2D eigenvalue weighted by molar-refractivity contribution is 7.89. The molecule has 3 N–H and O–H groups in total. The first kappa shape index (κ1) is 18.9. The van der Waals surface area contributed by atoms with Crippen LogP contribution in [0.15, 0.2) is 53.7 Å². The molecule has 0 aliphatic rings. The Morgan fingerprint density at radius 1 is 1.04 bits per heavy atom. The maximum absolute atomic E-state index is 12.2. The molecule has 0 radical (unpaired) electrons. The highest BCUT2D eigenvalue weighted by atomic mass is 32.2. The molecular weight excluding hydrogens is 340 g/mol. The fourth-order valence-corrected chi connectivity index (χ4v) is 3.46. The van der Waals surface area contributed by atoms with Crippen molar-refractivity contribution in [3.8, 4) is 0 Å². The predicted octanol–water partition coefficient (Wildman–Crippen LogP) is 2.48. The van der Waals surface area contributed by atoms with Gasteiger partial charge in [-0.05, 0) is 62.7 Å². The van der Waals surface area contributed by atoms with Crippen LogP contribution >= 0.6 is 0 Å². The van der Waals surface area contributed by atoms with E-state index in [9.17, 15) is 13.2 Å². The second-order valence-corrected chi connectivity index (χ2v) is 8.23. The van der Waals surface area contributed by atoms with Gasteiger partial charge in [-0.25, -0.2) is 17.9 Å². The van der Waals surface area contributed by atoms with Gasteiger partial charge in [0.2, 0.25) is 10.0 Å². The summed E-state index contributed by atoms with van der Waals surface area (Å²) < 4.78 is 27.0. The van der Waals surface area contributed by atoms with Crippen LogP contribution in [0.25, 0.3) is 0 Å². The Morgan fingerprint density at radius 3 is 2.20 bits per heavy atom. The lowest BCUT2D eigenvalue weighted by molar-refractivity contribution is 0.251. The lowest BCUT2D eigenvalue weighted by Crippen LogP contribution is -2.40. The summed E-state index contributed by atoms with van der Waals surface area (Å²) in [6.07, 6.45) is 3.30. The third kappa shape index (κ3) is 6.17. The maximum Gasteiger partial charge on any atom is 0.319 e. The minimum absolute atomic E-state index is 0.144. The molecular formula is C17H22N4O3S. The van der Waals surface area contributed by atoms with Gasteiger partial charge in [0.25, 0.3) is 0 Å². The van der Waals surface area contributed by atoms with Crippen molar-refractivity contribution in [3.05, 3.63) is 54.4 Å².